The molecule has 0 aromatic heterocycles. The summed E-state index contributed by atoms with van der Waals surface area (Å²) in [5, 5.41) is 3.08. The molecule has 1 saturated heterocycles. The molecule has 2 fully saturated rings. The van der Waals surface area contributed by atoms with Crippen LogP contribution in [0.3, 0.4) is 0 Å². The minimum absolute atomic E-state index is 0.0158. The molecule has 1 amide bonds. The second-order valence-corrected chi connectivity index (χ2v) is 6.90. The number of hydrogen-bond acceptors (Lipinski definition) is 1. The summed E-state index contributed by atoms with van der Waals surface area (Å²) in [7, 11) is 2.18. The van der Waals surface area contributed by atoms with Crippen molar-refractivity contribution in [2.45, 2.75) is 36.6 Å². The number of piperidine rings is 1. The van der Waals surface area contributed by atoms with Crippen molar-refractivity contribution in [3.63, 3.8) is 0 Å². The molecule has 1 aliphatic carbocycles. The molecule has 16 heavy (non-hydrogen) atoms. The lowest BCUT2D eigenvalue weighted by molar-refractivity contribution is -0.884. The van der Waals surface area contributed by atoms with Crippen LogP contribution in [-0.2, 0) is 4.79 Å². The maximum Gasteiger partial charge on any atom is 0.229 e. The average Bonchev–Trinajstić information content (AvgIpc) is 2.71. The van der Waals surface area contributed by atoms with Crippen molar-refractivity contribution in [1.82, 2.24) is 5.32 Å². The van der Waals surface area contributed by atoms with Gasteiger partial charge in [0, 0.05) is 18.9 Å². The van der Waals surface area contributed by atoms with E-state index in [0.29, 0.717) is 12.5 Å². The third-order valence-electron chi connectivity index (χ3n) is 3.93. The number of likely N-dealkylation sites (tertiary alicyclic amines) is 1. The maximum absolute atomic E-state index is 12.0. The average molecular weight is 266 g/mol. The Hall–Kier alpha value is 0.01000. The van der Waals surface area contributed by atoms with E-state index in [9.17, 15) is 4.79 Å². The molecule has 1 heterocycles. The molecule has 92 valence electrons. The molecule has 0 aromatic carbocycles. The first-order valence-corrected chi connectivity index (χ1v) is 6.61. The van der Waals surface area contributed by atoms with E-state index in [1.54, 1.807) is 0 Å². The van der Waals surface area contributed by atoms with Crippen molar-refractivity contribution in [2.24, 2.45) is 5.41 Å². The minimum atomic E-state index is -0.853. The SMILES string of the molecule is C[NH+]1CCC(NC(=O)[C@@]2(C)CC2(Cl)Cl)CC1. The van der Waals surface area contributed by atoms with Crippen LogP contribution < -0.4 is 10.2 Å². The fourth-order valence-corrected chi connectivity index (χ4v) is 2.95. The van der Waals surface area contributed by atoms with Crippen molar-refractivity contribution in [3.05, 3.63) is 0 Å². The summed E-state index contributed by atoms with van der Waals surface area (Å²) >= 11 is 12.0. The largest absolute Gasteiger partial charge is 0.352 e. The Morgan fingerprint density at radius 1 is 1.38 bits per heavy atom. The first-order chi connectivity index (χ1) is 7.35. The summed E-state index contributed by atoms with van der Waals surface area (Å²) in [5.41, 5.74) is -0.577. The van der Waals surface area contributed by atoms with Gasteiger partial charge in [-0.25, -0.2) is 0 Å². The van der Waals surface area contributed by atoms with Gasteiger partial charge in [-0.1, -0.05) is 0 Å². The first-order valence-electron chi connectivity index (χ1n) is 5.85. The summed E-state index contributed by atoms with van der Waals surface area (Å²) in [6, 6.07) is 0.303. The lowest BCUT2D eigenvalue weighted by Gasteiger charge is -2.28. The van der Waals surface area contributed by atoms with Crippen LogP contribution in [-0.4, -0.2) is 36.4 Å². The highest BCUT2D eigenvalue weighted by Crippen LogP contribution is 2.63. The lowest BCUT2D eigenvalue weighted by Crippen LogP contribution is -3.10. The minimum Gasteiger partial charge on any atom is -0.352 e. The van der Waals surface area contributed by atoms with Gasteiger partial charge in [-0.15, -0.1) is 23.2 Å². The molecular weight excluding hydrogens is 247 g/mol. The number of alkyl halides is 2. The number of nitrogens with one attached hydrogen (secondary N) is 2. The Morgan fingerprint density at radius 2 is 1.88 bits per heavy atom. The second-order valence-electron chi connectivity index (χ2n) is 5.42. The predicted octanol–water partition coefficient (Wildman–Crippen LogP) is 0.364. The molecule has 1 aliphatic heterocycles. The first kappa shape index (κ1) is 12.5. The van der Waals surface area contributed by atoms with Crippen LogP contribution >= 0.6 is 23.2 Å². The monoisotopic (exact) mass is 265 g/mol. The Balaban J connectivity index is 1.85. The van der Waals surface area contributed by atoms with Crippen LogP contribution in [0, 0.1) is 5.41 Å². The van der Waals surface area contributed by atoms with Gasteiger partial charge in [0.05, 0.1) is 25.6 Å². The van der Waals surface area contributed by atoms with Crippen molar-refractivity contribution in [1.29, 1.82) is 0 Å². The van der Waals surface area contributed by atoms with Crippen LogP contribution in [0.25, 0.3) is 0 Å². The van der Waals surface area contributed by atoms with Crippen LogP contribution in [0.1, 0.15) is 26.2 Å². The molecule has 1 atom stereocenters. The van der Waals surface area contributed by atoms with E-state index < -0.39 is 9.75 Å². The Labute approximate surface area is 106 Å². The number of amides is 1. The van der Waals surface area contributed by atoms with Crippen LogP contribution in [0.2, 0.25) is 0 Å². The highest BCUT2D eigenvalue weighted by atomic mass is 35.5. The van der Waals surface area contributed by atoms with Crippen molar-refractivity contribution in [3.8, 4) is 0 Å². The smallest absolute Gasteiger partial charge is 0.229 e. The number of quaternary nitrogens is 1. The normalized spacial score (nSPS) is 41.5. The highest BCUT2D eigenvalue weighted by molar-refractivity contribution is 6.53. The molecule has 5 heteroatoms. The van der Waals surface area contributed by atoms with Gasteiger partial charge in [0.15, 0.2) is 0 Å². The second kappa shape index (κ2) is 4.04. The lowest BCUT2D eigenvalue weighted by atomic mass is 10.0. The molecule has 2 aliphatic rings. The van der Waals surface area contributed by atoms with Crippen molar-refractivity contribution >= 4 is 29.1 Å². The number of rotatable bonds is 2. The summed E-state index contributed by atoms with van der Waals surface area (Å²) in [4.78, 5) is 13.5. The molecule has 3 nitrogen and oxygen atoms in total. The van der Waals surface area contributed by atoms with Crippen molar-refractivity contribution in [2.75, 3.05) is 20.1 Å². The van der Waals surface area contributed by atoms with Gasteiger partial charge in [-0.3, -0.25) is 4.79 Å². The van der Waals surface area contributed by atoms with Crippen LogP contribution in [0.5, 0.6) is 0 Å². The van der Waals surface area contributed by atoms with E-state index in [0.717, 1.165) is 25.9 Å². The molecular formula is C11H19Cl2N2O+. The summed E-state index contributed by atoms with van der Waals surface area (Å²) < 4.78 is -0.853. The number of halogens is 2. The van der Waals surface area contributed by atoms with E-state index >= 15 is 0 Å². The Morgan fingerprint density at radius 3 is 2.31 bits per heavy atom. The number of carbonyl (C=O) groups is 1. The number of carbonyl (C=O) groups excluding carboxylic acids is 1. The quantitative estimate of drug-likeness (QED) is 0.695. The molecule has 1 saturated carbocycles. The molecule has 2 N–H and O–H groups in total. The zero-order valence-electron chi connectivity index (χ0n) is 9.78. The zero-order valence-corrected chi connectivity index (χ0v) is 11.3. The molecule has 0 radical (unpaired) electrons. The van der Waals surface area contributed by atoms with Crippen LogP contribution in [0.4, 0.5) is 0 Å². The van der Waals surface area contributed by atoms with E-state index in [-0.39, 0.29) is 5.91 Å². The topological polar surface area (TPSA) is 33.5 Å². The van der Waals surface area contributed by atoms with E-state index in [4.69, 9.17) is 23.2 Å². The predicted molar refractivity (Wildman–Crippen MR) is 64.9 cm³/mol. The van der Waals surface area contributed by atoms with Gasteiger partial charge in [0.2, 0.25) is 5.91 Å². The summed E-state index contributed by atoms with van der Waals surface area (Å²) in [6.45, 7) is 4.08. The molecule has 0 aromatic rings. The Kier molecular flexibility index (Phi) is 3.15. The molecule has 0 bridgehead atoms. The Bertz CT molecular complexity index is 300. The maximum atomic E-state index is 12.0. The third kappa shape index (κ3) is 2.18. The van der Waals surface area contributed by atoms with Gasteiger partial charge in [0.1, 0.15) is 4.33 Å². The molecule has 0 spiro atoms. The fourth-order valence-electron chi connectivity index (χ4n) is 2.25. The molecule has 2 rings (SSSR count). The van der Waals surface area contributed by atoms with E-state index in [1.165, 1.54) is 4.90 Å². The van der Waals surface area contributed by atoms with Gasteiger partial charge in [-0.05, 0) is 13.3 Å². The van der Waals surface area contributed by atoms with Gasteiger partial charge < -0.3 is 10.2 Å². The zero-order chi connectivity index (χ0) is 12.0. The number of hydrogen-bond donors (Lipinski definition) is 2. The van der Waals surface area contributed by atoms with Gasteiger partial charge in [-0.2, -0.15) is 0 Å². The van der Waals surface area contributed by atoms with Crippen LogP contribution in [0.15, 0.2) is 0 Å². The highest BCUT2D eigenvalue weighted by Gasteiger charge is 2.68. The van der Waals surface area contributed by atoms with E-state index in [2.05, 4.69) is 12.4 Å². The van der Waals surface area contributed by atoms with E-state index in [1.807, 2.05) is 6.92 Å². The summed E-state index contributed by atoms with van der Waals surface area (Å²) in [5.74, 6) is 0.0158. The molecule has 0 unspecified atom stereocenters. The summed E-state index contributed by atoms with van der Waals surface area (Å²) in [6.07, 6.45) is 2.66. The standard InChI is InChI=1S/C11H18Cl2N2O/c1-10(7-11(10,12)13)9(16)14-8-3-5-15(2)6-4-8/h8H,3-7H2,1-2H3,(H,14,16)/p+1/t10-/m1/s1. The van der Waals surface area contributed by atoms with Gasteiger partial charge in [0.25, 0.3) is 0 Å². The van der Waals surface area contributed by atoms with Crippen molar-refractivity contribution < 1.29 is 9.69 Å². The van der Waals surface area contributed by atoms with Gasteiger partial charge >= 0.3 is 0 Å². The fraction of sp³-hybridized carbons (Fsp3) is 0.909. The third-order valence-corrected chi connectivity index (χ3v) is 5.03.